The summed E-state index contributed by atoms with van der Waals surface area (Å²) >= 11 is 3.60. The molecular weight excluding hydrogens is 438 g/mol. The van der Waals surface area contributed by atoms with Crippen molar-refractivity contribution in [3.05, 3.63) is 46.9 Å². The fraction of sp³-hybridized carbons (Fsp3) is 0.480. The first-order valence-electron chi connectivity index (χ1n) is 10.9. The van der Waals surface area contributed by atoms with Crippen LogP contribution in [0.4, 0.5) is 11.6 Å². The second-order valence-corrected chi connectivity index (χ2v) is 10.7. The number of imidazole rings is 1. The Labute approximate surface area is 188 Å². The molecule has 2 atom stereocenters. The highest BCUT2D eigenvalue weighted by Gasteiger charge is 2.34. The molecule has 4 nitrogen and oxygen atoms in total. The number of hydrogen-bond donors (Lipinski definition) is 1. The number of nitrogens with zero attached hydrogens (tertiary/aromatic N) is 2. The molecule has 1 aliphatic rings. The average molecular weight is 470 g/mol. The first-order valence-corrected chi connectivity index (χ1v) is 11.7. The van der Waals surface area contributed by atoms with E-state index >= 15 is 0 Å². The Morgan fingerprint density at radius 2 is 1.87 bits per heavy atom. The number of halogens is 1. The first kappa shape index (κ1) is 21.2. The standard InChI is InChI=1S/C25H32BrN3O/c1-16(2)30-21-9-7-19(8-10-21)27-24-28-22-13-18(26)6-11-23(22)29(24)20-12-17(3)14-25(4,5)15-20/h6-11,13,16-17,20H,12,14-15H2,1-5H3,(H,27,28)/t17-,20+/m0/s1. The summed E-state index contributed by atoms with van der Waals surface area (Å²) in [7, 11) is 0. The van der Waals surface area contributed by atoms with Gasteiger partial charge in [0.1, 0.15) is 5.75 Å². The van der Waals surface area contributed by atoms with Gasteiger partial charge in [-0.25, -0.2) is 4.98 Å². The summed E-state index contributed by atoms with van der Waals surface area (Å²) in [4.78, 5) is 4.98. The number of fused-ring (bicyclic) bond motifs is 1. The van der Waals surface area contributed by atoms with Crippen molar-refractivity contribution in [2.24, 2.45) is 11.3 Å². The molecule has 1 N–H and O–H groups in total. The van der Waals surface area contributed by atoms with E-state index < -0.39 is 0 Å². The van der Waals surface area contributed by atoms with Crippen molar-refractivity contribution in [2.75, 3.05) is 5.32 Å². The van der Waals surface area contributed by atoms with Crippen LogP contribution in [0, 0.1) is 11.3 Å². The van der Waals surface area contributed by atoms with Crippen LogP contribution in [-0.2, 0) is 0 Å². The van der Waals surface area contributed by atoms with Crippen LogP contribution >= 0.6 is 15.9 Å². The van der Waals surface area contributed by atoms with Gasteiger partial charge in [0, 0.05) is 16.2 Å². The van der Waals surface area contributed by atoms with Gasteiger partial charge in [0.15, 0.2) is 0 Å². The molecule has 4 rings (SSSR count). The fourth-order valence-corrected chi connectivity index (χ4v) is 5.39. The Morgan fingerprint density at radius 1 is 1.13 bits per heavy atom. The van der Waals surface area contributed by atoms with Crippen LogP contribution in [0.1, 0.15) is 59.9 Å². The molecule has 30 heavy (non-hydrogen) atoms. The molecule has 0 saturated heterocycles. The van der Waals surface area contributed by atoms with Gasteiger partial charge >= 0.3 is 0 Å². The summed E-state index contributed by atoms with van der Waals surface area (Å²) in [6.07, 6.45) is 3.79. The Kier molecular flexibility index (Phi) is 5.84. The minimum atomic E-state index is 0.170. The summed E-state index contributed by atoms with van der Waals surface area (Å²) in [5.74, 6) is 2.50. The second-order valence-electron chi connectivity index (χ2n) is 9.82. The summed E-state index contributed by atoms with van der Waals surface area (Å²) in [5.41, 5.74) is 3.56. The van der Waals surface area contributed by atoms with Gasteiger partial charge in [-0.05, 0) is 86.9 Å². The number of rotatable bonds is 5. The molecule has 3 aromatic rings. The predicted octanol–water partition coefficient (Wildman–Crippen LogP) is 7.72. The Balaban J connectivity index is 1.71. The molecule has 160 valence electrons. The molecule has 1 fully saturated rings. The lowest BCUT2D eigenvalue weighted by Crippen LogP contribution is -2.29. The zero-order chi connectivity index (χ0) is 21.5. The molecule has 5 heteroatoms. The summed E-state index contributed by atoms with van der Waals surface area (Å²) in [6.45, 7) is 11.3. The highest BCUT2D eigenvalue weighted by Crippen LogP contribution is 2.46. The van der Waals surface area contributed by atoms with Crippen LogP contribution in [0.3, 0.4) is 0 Å². The van der Waals surface area contributed by atoms with Crippen LogP contribution in [0.5, 0.6) is 5.75 Å². The van der Waals surface area contributed by atoms with Crippen molar-refractivity contribution in [2.45, 2.75) is 66.0 Å². The van der Waals surface area contributed by atoms with E-state index in [-0.39, 0.29) is 6.10 Å². The maximum Gasteiger partial charge on any atom is 0.208 e. The Morgan fingerprint density at radius 3 is 2.53 bits per heavy atom. The summed E-state index contributed by atoms with van der Waals surface area (Å²) < 4.78 is 9.26. The molecule has 1 saturated carbocycles. The zero-order valence-electron chi connectivity index (χ0n) is 18.6. The van der Waals surface area contributed by atoms with Crippen LogP contribution < -0.4 is 10.1 Å². The first-order chi connectivity index (χ1) is 14.2. The maximum atomic E-state index is 5.78. The quantitative estimate of drug-likeness (QED) is 0.415. The minimum absolute atomic E-state index is 0.170. The van der Waals surface area contributed by atoms with E-state index in [0.717, 1.165) is 33.8 Å². The lowest BCUT2D eigenvalue weighted by Gasteiger charge is -2.40. The van der Waals surface area contributed by atoms with Crippen LogP contribution in [0.2, 0.25) is 0 Å². The monoisotopic (exact) mass is 469 g/mol. The molecule has 1 aliphatic carbocycles. The predicted molar refractivity (Wildman–Crippen MR) is 129 cm³/mol. The van der Waals surface area contributed by atoms with Gasteiger partial charge in [-0.15, -0.1) is 0 Å². The van der Waals surface area contributed by atoms with Gasteiger partial charge in [0.05, 0.1) is 17.1 Å². The maximum absolute atomic E-state index is 5.78. The topological polar surface area (TPSA) is 39.1 Å². The van der Waals surface area contributed by atoms with Crippen molar-refractivity contribution >= 4 is 38.6 Å². The zero-order valence-corrected chi connectivity index (χ0v) is 20.2. The van der Waals surface area contributed by atoms with Gasteiger partial charge in [-0.3, -0.25) is 0 Å². The normalized spacial score (nSPS) is 21.2. The number of nitrogens with one attached hydrogen (secondary N) is 1. The van der Waals surface area contributed by atoms with E-state index in [2.05, 4.69) is 76.9 Å². The van der Waals surface area contributed by atoms with Gasteiger partial charge in [-0.1, -0.05) is 36.7 Å². The van der Waals surface area contributed by atoms with E-state index in [1.165, 1.54) is 18.4 Å². The van der Waals surface area contributed by atoms with E-state index in [0.29, 0.717) is 17.4 Å². The molecule has 0 spiro atoms. The molecule has 0 aliphatic heterocycles. The Hall–Kier alpha value is -2.01. The van der Waals surface area contributed by atoms with E-state index in [1.54, 1.807) is 0 Å². The minimum Gasteiger partial charge on any atom is -0.491 e. The van der Waals surface area contributed by atoms with Crippen molar-refractivity contribution in [3.63, 3.8) is 0 Å². The number of anilines is 2. The molecule has 0 radical (unpaired) electrons. The van der Waals surface area contributed by atoms with Crippen LogP contribution in [0.15, 0.2) is 46.9 Å². The van der Waals surface area contributed by atoms with E-state index in [9.17, 15) is 0 Å². The summed E-state index contributed by atoms with van der Waals surface area (Å²) in [5, 5.41) is 3.58. The van der Waals surface area contributed by atoms with E-state index in [4.69, 9.17) is 9.72 Å². The molecule has 0 unspecified atom stereocenters. The SMILES string of the molecule is CC(C)Oc1ccc(Nc2nc3cc(Br)ccc3n2[C@@H]2C[C@H](C)CC(C)(C)C2)cc1. The van der Waals surface area contributed by atoms with E-state index in [1.807, 2.05) is 26.0 Å². The molecule has 0 amide bonds. The largest absolute Gasteiger partial charge is 0.491 e. The average Bonchev–Trinajstić information content (AvgIpc) is 2.98. The van der Waals surface area contributed by atoms with Gasteiger partial charge < -0.3 is 14.6 Å². The van der Waals surface area contributed by atoms with Crippen molar-refractivity contribution < 1.29 is 4.74 Å². The van der Waals surface area contributed by atoms with Crippen LogP contribution in [0.25, 0.3) is 11.0 Å². The van der Waals surface area contributed by atoms with Gasteiger partial charge in [0.25, 0.3) is 0 Å². The number of benzene rings is 2. The molecular formula is C25H32BrN3O. The van der Waals surface area contributed by atoms with Gasteiger partial charge in [-0.2, -0.15) is 0 Å². The number of aromatic nitrogens is 2. The lowest BCUT2D eigenvalue weighted by atomic mass is 9.70. The third-order valence-corrected chi connectivity index (χ3v) is 6.36. The van der Waals surface area contributed by atoms with Gasteiger partial charge in [0.2, 0.25) is 5.95 Å². The highest BCUT2D eigenvalue weighted by atomic mass is 79.9. The smallest absolute Gasteiger partial charge is 0.208 e. The lowest BCUT2D eigenvalue weighted by molar-refractivity contribution is 0.140. The fourth-order valence-electron chi connectivity index (χ4n) is 5.04. The molecule has 2 aromatic carbocycles. The van der Waals surface area contributed by atoms with Crippen molar-refractivity contribution in [1.82, 2.24) is 9.55 Å². The molecule has 1 heterocycles. The van der Waals surface area contributed by atoms with Crippen molar-refractivity contribution in [3.8, 4) is 5.75 Å². The second kappa shape index (κ2) is 8.26. The third kappa shape index (κ3) is 4.66. The number of hydrogen-bond acceptors (Lipinski definition) is 3. The summed E-state index contributed by atoms with van der Waals surface area (Å²) in [6, 6.07) is 15.0. The molecule has 0 bridgehead atoms. The number of ether oxygens (including phenoxy) is 1. The Bertz CT molecular complexity index is 1020. The van der Waals surface area contributed by atoms with Crippen LogP contribution in [-0.4, -0.2) is 15.7 Å². The molecule has 1 aromatic heterocycles. The third-order valence-electron chi connectivity index (χ3n) is 5.86. The van der Waals surface area contributed by atoms with Crippen molar-refractivity contribution in [1.29, 1.82) is 0 Å². The highest BCUT2D eigenvalue weighted by molar-refractivity contribution is 9.10.